The predicted octanol–water partition coefficient (Wildman–Crippen LogP) is 15.6. The number of unbranched alkanes of at least 4 members (excludes halogenated alkanes) is 27. The van der Waals surface area contributed by atoms with Gasteiger partial charge in [-0.25, -0.2) is 0 Å². The van der Waals surface area contributed by atoms with Crippen LogP contribution in [-0.2, 0) is 14.3 Å². The van der Waals surface area contributed by atoms with Crippen molar-refractivity contribution < 1.29 is 24.5 Å². The first-order valence-electron chi connectivity index (χ1n) is 26.1. The molecule has 0 aliphatic rings. The van der Waals surface area contributed by atoms with Gasteiger partial charge in [0, 0.05) is 6.42 Å². The number of amides is 1. The van der Waals surface area contributed by atoms with E-state index >= 15 is 0 Å². The molecule has 354 valence electrons. The Bertz CT molecular complexity index is 1090. The van der Waals surface area contributed by atoms with E-state index < -0.39 is 18.2 Å². The van der Waals surface area contributed by atoms with Gasteiger partial charge in [0.1, 0.15) is 6.10 Å². The average molecular weight is 854 g/mol. The molecule has 0 aliphatic carbocycles. The first-order chi connectivity index (χ1) is 30.0. The van der Waals surface area contributed by atoms with E-state index in [0.717, 1.165) is 83.5 Å². The maximum atomic E-state index is 13.2. The Kier molecular flexibility index (Phi) is 46.6. The summed E-state index contributed by atoms with van der Waals surface area (Å²) in [6.45, 7) is 6.34. The van der Waals surface area contributed by atoms with Crippen LogP contribution < -0.4 is 5.32 Å². The van der Waals surface area contributed by atoms with E-state index in [1.807, 2.05) is 24.3 Å². The maximum absolute atomic E-state index is 13.2. The highest BCUT2D eigenvalue weighted by Gasteiger charge is 2.24. The Balaban J connectivity index is 4.66. The summed E-state index contributed by atoms with van der Waals surface area (Å²) in [7, 11) is 0. The molecule has 0 bridgehead atoms. The van der Waals surface area contributed by atoms with Crippen molar-refractivity contribution in [1.82, 2.24) is 5.32 Å². The van der Waals surface area contributed by atoms with E-state index in [1.54, 1.807) is 0 Å². The lowest BCUT2D eigenvalue weighted by Crippen LogP contribution is -2.46. The van der Waals surface area contributed by atoms with E-state index in [1.165, 1.54) is 122 Å². The van der Waals surface area contributed by atoms with Gasteiger partial charge in [-0.15, -0.1) is 0 Å². The summed E-state index contributed by atoms with van der Waals surface area (Å²) in [6, 6.07) is -0.715. The number of hydrogen-bond acceptors (Lipinski definition) is 5. The van der Waals surface area contributed by atoms with Crippen LogP contribution in [0, 0.1) is 0 Å². The van der Waals surface area contributed by atoms with Crippen molar-refractivity contribution in [1.29, 1.82) is 0 Å². The summed E-state index contributed by atoms with van der Waals surface area (Å²) in [5, 5.41) is 23.8. The first kappa shape index (κ1) is 58.6. The zero-order chi connectivity index (χ0) is 44.5. The molecule has 3 unspecified atom stereocenters. The fraction of sp³-hybridized carbons (Fsp3) is 0.782. The van der Waals surface area contributed by atoms with Gasteiger partial charge in [-0.2, -0.15) is 0 Å². The molecule has 1 amide bonds. The molecule has 3 atom stereocenters. The van der Waals surface area contributed by atoms with Crippen molar-refractivity contribution in [3.8, 4) is 0 Å². The van der Waals surface area contributed by atoms with Crippen LogP contribution in [-0.4, -0.2) is 46.9 Å². The van der Waals surface area contributed by atoms with Crippen molar-refractivity contribution in [2.45, 2.75) is 270 Å². The van der Waals surface area contributed by atoms with Crippen LogP contribution in [0.25, 0.3) is 0 Å². The lowest BCUT2D eigenvalue weighted by atomic mass is 10.0. The molecule has 0 aromatic heterocycles. The highest BCUT2D eigenvalue weighted by molar-refractivity contribution is 5.77. The van der Waals surface area contributed by atoms with Gasteiger partial charge in [-0.05, 0) is 70.6 Å². The molecule has 0 aromatic carbocycles. The highest BCUT2D eigenvalue weighted by Crippen LogP contribution is 2.17. The second-order valence-electron chi connectivity index (χ2n) is 17.6. The van der Waals surface area contributed by atoms with E-state index in [9.17, 15) is 19.8 Å². The number of carbonyl (C=O) groups excluding carboxylic acids is 2. The third kappa shape index (κ3) is 44.0. The Morgan fingerprint density at radius 3 is 1.41 bits per heavy atom. The van der Waals surface area contributed by atoms with E-state index in [0.29, 0.717) is 19.3 Å². The number of allylic oxidation sites excluding steroid dienone is 10. The molecule has 0 fully saturated rings. The number of hydrogen-bond donors (Lipinski definition) is 3. The molecule has 0 saturated carbocycles. The van der Waals surface area contributed by atoms with Crippen LogP contribution in [0.4, 0.5) is 0 Å². The number of aliphatic hydroxyl groups is 2. The number of carbonyl (C=O) groups is 2. The summed E-state index contributed by atoms with van der Waals surface area (Å²) in [5.41, 5.74) is 0. The van der Waals surface area contributed by atoms with Crippen LogP contribution in [0.1, 0.15) is 252 Å². The third-order valence-corrected chi connectivity index (χ3v) is 11.7. The normalized spacial score (nSPS) is 13.7. The van der Waals surface area contributed by atoms with Crippen molar-refractivity contribution in [3.63, 3.8) is 0 Å². The molecule has 0 saturated heterocycles. The maximum Gasteiger partial charge on any atom is 0.306 e. The SMILES string of the molecule is CC/C=C/C=C/C=C\C=C/CCCCCC(=O)OC(CCCCC/C=C/CCCCCCCCCCC)CC(=O)NC(CO)C(O)CCCCCCCCCCCCCCC. The molecule has 6 heteroatoms. The summed E-state index contributed by atoms with van der Waals surface area (Å²) in [5.74, 6) is -0.532. The number of rotatable bonds is 46. The zero-order valence-electron chi connectivity index (χ0n) is 40.3. The molecule has 0 aliphatic heterocycles. The predicted molar refractivity (Wildman–Crippen MR) is 264 cm³/mol. The monoisotopic (exact) mass is 854 g/mol. The lowest BCUT2D eigenvalue weighted by Gasteiger charge is -2.24. The summed E-state index contributed by atoms with van der Waals surface area (Å²) in [4.78, 5) is 26.1. The van der Waals surface area contributed by atoms with Crippen molar-refractivity contribution in [3.05, 3.63) is 60.8 Å². The Hall–Kier alpha value is -2.44. The van der Waals surface area contributed by atoms with Gasteiger partial charge in [0.25, 0.3) is 0 Å². The number of nitrogens with one attached hydrogen (secondary N) is 1. The van der Waals surface area contributed by atoms with Gasteiger partial charge in [0.15, 0.2) is 0 Å². The largest absolute Gasteiger partial charge is 0.462 e. The minimum atomic E-state index is -0.799. The molecule has 0 heterocycles. The fourth-order valence-electron chi connectivity index (χ4n) is 7.73. The fourth-order valence-corrected chi connectivity index (χ4v) is 7.73. The molecular weight excluding hydrogens is 755 g/mol. The summed E-state index contributed by atoms with van der Waals surface area (Å²) >= 11 is 0. The molecular formula is C55H99NO5. The molecule has 3 N–H and O–H groups in total. The van der Waals surface area contributed by atoms with Crippen LogP contribution in [0.5, 0.6) is 0 Å². The molecule has 0 aromatic rings. The quantitative estimate of drug-likeness (QED) is 0.0245. The van der Waals surface area contributed by atoms with E-state index in [4.69, 9.17) is 4.74 Å². The minimum Gasteiger partial charge on any atom is -0.462 e. The van der Waals surface area contributed by atoms with E-state index in [-0.39, 0.29) is 24.9 Å². The molecule has 0 spiro atoms. The van der Waals surface area contributed by atoms with Crippen LogP contribution >= 0.6 is 0 Å². The molecule has 6 nitrogen and oxygen atoms in total. The van der Waals surface area contributed by atoms with E-state index in [2.05, 4.69) is 62.5 Å². The molecule has 61 heavy (non-hydrogen) atoms. The standard InChI is InChI=1S/C55H99NO5/c1-4-7-10-13-16-19-22-25-26-27-30-31-34-37-40-43-46-51(61-55(60)48-45-42-39-36-33-29-24-21-18-15-12-9-6-3)49-54(59)56-52(50-57)53(58)47-44-41-38-35-32-28-23-20-17-14-11-8-5-2/h9,12,15,18,21,24,29-31,33,51-53,57-58H,4-8,10-11,13-14,16-17,19-20,22-23,25-28,32,34-50H2,1-3H3,(H,56,59)/b12-9+,18-15+,24-21-,31-30+,33-29-. The van der Waals surface area contributed by atoms with Crippen LogP contribution in [0.2, 0.25) is 0 Å². The minimum absolute atomic E-state index is 0.0503. The summed E-state index contributed by atoms with van der Waals surface area (Å²) < 4.78 is 5.91. The van der Waals surface area contributed by atoms with Crippen molar-refractivity contribution >= 4 is 11.9 Å². The Morgan fingerprint density at radius 2 is 0.902 bits per heavy atom. The number of aliphatic hydroxyl groups excluding tert-OH is 2. The lowest BCUT2D eigenvalue weighted by molar-refractivity contribution is -0.151. The van der Waals surface area contributed by atoms with Crippen LogP contribution in [0.15, 0.2) is 60.8 Å². The average Bonchev–Trinajstić information content (AvgIpc) is 3.25. The van der Waals surface area contributed by atoms with Gasteiger partial charge < -0.3 is 20.3 Å². The molecule has 0 radical (unpaired) electrons. The van der Waals surface area contributed by atoms with Gasteiger partial charge in [0.05, 0.1) is 25.2 Å². The van der Waals surface area contributed by atoms with Gasteiger partial charge in [-0.1, -0.05) is 229 Å². The second-order valence-corrected chi connectivity index (χ2v) is 17.6. The first-order valence-corrected chi connectivity index (χ1v) is 26.1. The van der Waals surface area contributed by atoms with Crippen molar-refractivity contribution in [2.24, 2.45) is 0 Å². The highest BCUT2D eigenvalue weighted by atomic mass is 16.5. The van der Waals surface area contributed by atoms with Crippen LogP contribution in [0.3, 0.4) is 0 Å². The number of esters is 1. The topological polar surface area (TPSA) is 95.9 Å². The smallest absolute Gasteiger partial charge is 0.306 e. The van der Waals surface area contributed by atoms with Crippen molar-refractivity contribution in [2.75, 3.05) is 6.61 Å². The Labute approximate surface area is 378 Å². The van der Waals surface area contributed by atoms with Gasteiger partial charge in [0.2, 0.25) is 5.91 Å². The molecule has 0 rings (SSSR count). The zero-order valence-corrected chi connectivity index (χ0v) is 40.3. The Morgan fingerprint density at radius 1 is 0.492 bits per heavy atom. The van der Waals surface area contributed by atoms with Gasteiger partial charge in [-0.3, -0.25) is 9.59 Å². The number of ether oxygens (including phenoxy) is 1. The van der Waals surface area contributed by atoms with Gasteiger partial charge >= 0.3 is 5.97 Å². The second kappa shape index (κ2) is 48.6. The summed E-state index contributed by atoms with van der Waals surface area (Å²) in [6.07, 6.45) is 59.9. The third-order valence-electron chi connectivity index (χ3n) is 11.7.